The molecule has 126 valence electrons. The van der Waals surface area contributed by atoms with Gasteiger partial charge in [0.2, 0.25) is 0 Å². The van der Waals surface area contributed by atoms with Crippen LogP contribution in [0.4, 0.5) is 0 Å². The molecule has 5 nitrogen and oxygen atoms in total. The number of carbonyl (C=O) groups is 1. The van der Waals surface area contributed by atoms with Gasteiger partial charge in [0.25, 0.3) is 0 Å². The Morgan fingerprint density at radius 3 is 1.86 bits per heavy atom. The Morgan fingerprint density at radius 1 is 1.05 bits per heavy atom. The van der Waals surface area contributed by atoms with Gasteiger partial charge < -0.3 is 14.2 Å². The smallest absolute Gasteiger partial charge is 0.330 e. The van der Waals surface area contributed by atoms with Gasteiger partial charge in [0.15, 0.2) is 8.32 Å². The zero-order valence-electron chi connectivity index (χ0n) is 14.8. The lowest BCUT2D eigenvalue weighted by molar-refractivity contribution is -0.121. The number of ketones is 1. The first-order chi connectivity index (χ1) is 10.2. The van der Waals surface area contributed by atoms with Crippen molar-refractivity contribution < 1.29 is 9.22 Å². The van der Waals surface area contributed by atoms with Crippen LogP contribution < -0.4 is 0 Å². The minimum absolute atomic E-state index is 0.420. The van der Waals surface area contributed by atoms with Gasteiger partial charge in [0, 0.05) is 39.0 Å². The fourth-order valence-corrected chi connectivity index (χ4v) is 4.03. The van der Waals surface area contributed by atoms with Gasteiger partial charge in [-0.3, -0.25) is 9.64 Å². The second-order valence-corrected chi connectivity index (χ2v) is 11.8. The van der Waals surface area contributed by atoms with E-state index in [-0.39, 0.29) is 0 Å². The topological polar surface area (TPSA) is 37.1 Å². The second-order valence-electron chi connectivity index (χ2n) is 7.42. The van der Waals surface area contributed by atoms with Crippen molar-refractivity contribution in [2.75, 3.05) is 40.3 Å². The Bertz CT molecular complexity index is 397. The second kappa shape index (κ2) is 8.21. The monoisotopic (exact) mass is 325 g/mol. The van der Waals surface area contributed by atoms with Gasteiger partial charge in [-0.15, -0.1) is 0 Å². The third-order valence-electron chi connectivity index (χ3n) is 4.01. The summed E-state index contributed by atoms with van der Waals surface area (Å²) in [5, 5.41) is 0. The molecule has 22 heavy (non-hydrogen) atoms. The molecule has 0 saturated carbocycles. The highest BCUT2D eigenvalue weighted by Gasteiger charge is 2.44. The Hall–Kier alpha value is -0.743. The van der Waals surface area contributed by atoms with Gasteiger partial charge in [-0.1, -0.05) is 0 Å². The molecule has 0 aromatic carbocycles. The van der Waals surface area contributed by atoms with E-state index in [9.17, 15) is 4.79 Å². The van der Waals surface area contributed by atoms with Crippen LogP contribution in [0.15, 0.2) is 0 Å². The van der Waals surface area contributed by atoms with Crippen molar-refractivity contribution in [3.8, 4) is 0 Å². The number of nitrogens with zero attached hydrogens (tertiary/aromatic N) is 3. The number of rotatable bonds is 2. The minimum atomic E-state index is -1.59. The molecule has 0 aliphatic carbocycles. The average Bonchev–Trinajstić information content (AvgIpc) is 2.44. The molecule has 0 amide bonds. The maximum absolute atomic E-state index is 10.6. The lowest BCUT2D eigenvalue weighted by Crippen LogP contribution is -2.47. The molecule has 2 saturated heterocycles. The summed E-state index contributed by atoms with van der Waals surface area (Å²) in [6, 6.07) is 0. The zero-order valence-corrected chi connectivity index (χ0v) is 15.8. The molecular weight excluding hydrogens is 294 g/mol. The SMILES string of the molecule is CN1CCC(=O)CC1.[C-]#[N+]C1(O[Si](C)(C)C)CCN(C)CC1. The highest BCUT2D eigenvalue weighted by atomic mass is 28.4. The van der Waals surface area contributed by atoms with Gasteiger partial charge >= 0.3 is 5.72 Å². The van der Waals surface area contributed by atoms with E-state index in [1.165, 1.54) is 0 Å². The summed E-state index contributed by atoms with van der Waals surface area (Å²) < 4.78 is 6.02. The lowest BCUT2D eigenvalue weighted by Gasteiger charge is -2.35. The molecule has 6 heteroatoms. The first kappa shape index (κ1) is 19.3. The van der Waals surface area contributed by atoms with E-state index in [1.54, 1.807) is 0 Å². The highest BCUT2D eigenvalue weighted by Crippen LogP contribution is 2.30. The van der Waals surface area contributed by atoms with E-state index in [0.717, 1.165) is 51.9 Å². The van der Waals surface area contributed by atoms with Crippen LogP contribution in [0.1, 0.15) is 25.7 Å². The quantitative estimate of drug-likeness (QED) is 0.577. The van der Waals surface area contributed by atoms with Gasteiger partial charge in [0.05, 0.1) is 12.8 Å². The Labute approximate surface area is 136 Å². The van der Waals surface area contributed by atoms with Crippen molar-refractivity contribution in [3.63, 3.8) is 0 Å². The normalized spacial score (nSPS) is 23.4. The summed E-state index contributed by atoms with van der Waals surface area (Å²) in [5.41, 5.74) is -0.503. The molecule has 0 radical (unpaired) electrons. The predicted octanol–water partition coefficient (Wildman–Crippen LogP) is 2.46. The molecule has 0 atom stereocenters. The standard InChI is InChI=1S/C10H20N2OSi.C6H11NO/c1-11-10(13-14(3,4)5)6-8-12(2)9-7-10;1-7-4-2-6(8)3-5-7/h6-9H2,2-5H3;2-5H2,1H3. The van der Waals surface area contributed by atoms with E-state index >= 15 is 0 Å². The van der Waals surface area contributed by atoms with Crippen molar-refractivity contribution >= 4 is 14.1 Å². The Kier molecular flexibility index (Phi) is 7.20. The Morgan fingerprint density at radius 2 is 1.50 bits per heavy atom. The van der Waals surface area contributed by atoms with Crippen LogP contribution in [0.5, 0.6) is 0 Å². The number of carbonyl (C=O) groups excluding carboxylic acids is 1. The first-order valence-electron chi connectivity index (χ1n) is 8.13. The van der Waals surface area contributed by atoms with Crippen LogP contribution in [-0.4, -0.2) is 69.9 Å². The third-order valence-corrected chi connectivity index (χ3v) is 5.01. The molecule has 0 N–H and O–H groups in total. The van der Waals surface area contributed by atoms with Gasteiger partial charge in [-0.2, -0.15) is 0 Å². The number of likely N-dealkylation sites (tertiary alicyclic amines) is 2. The van der Waals surface area contributed by atoms with Crippen LogP contribution in [-0.2, 0) is 9.22 Å². The van der Waals surface area contributed by atoms with E-state index in [1.807, 2.05) is 7.05 Å². The zero-order chi connectivity index (χ0) is 16.8. The van der Waals surface area contributed by atoms with Crippen LogP contribution >= 0.6 is 0 Å². The van der Waals surface area contributed by atoms with Crippen molar-refractivity contribution in [2.45, 2.75) is 51.0 Å². The minimum Gasteiger partial charge on any atom is -0.351 e. The van der Waals surface area contributed by atoms with Gasteiger partial charge in [-0.25, -0.2) is 6.57 Å². The van der Waals surface area contributed by atoms with Crippen molar-refractivity contribution in [1.82, 2.24) is 9.80 Å². The largest absolute Gasteiger partial charge is 0.351 e. The maximum atomic E-state index is 10.6. The summed E-state index contributed by atoms with van der Waals surface area (Å²) in [5.74, 6) is 0.420. The number of Topliss-reactive ketones (excluding diaryl/α,β-unsaturated/α-hetero) is 1. The summed E-state index contributed by atoms with van der Waals surface area (Å²) in [4.78, 5) is 18.8. The van der Waals surface area contributed by atoms with E-state index in [4.69, 9.17) is 11.0 Å². The lowest BCUT2D eigenvalue weighted by atomic mass is 10.0. The summed E-state index contributed by atoms with van der Waals surface area (Å²) in [6.07, 6.45) is 3.24. The molecule has 0 bridgehead atoms. The van der Waals surface area contributed by atoms with Crippen molar-refractivity contribution in [3.05, 3.63) is 11.4 Å². The number of hydrogen-bond donors (Lipinski definition) is 0. The summed E-state index contributed by atoms with van der Waals surface area (Å²) >= 11 is 0. The molecule has 2 fully saturated rings. The molecule has 2 aliphatic rings. The van der Waals surface area contributed by atoms with Crippen molar-refractivity contribution in [2.24, 2.45) is 0 Å². The average molecular weight is 326 g/mol. The Balaban J connectivity index is 0.000000255. The highest BCUT2D eigenvalue weighted by molar-refractivity contribution is 6.69. The molecule has 0 aromatic rings. The van der Waals surface area contributed by atoms with Crippen LogP contribution in [0.2, 0.25) is 19.6 Å². The third kappa shape index (κ3) is 7.01. The fourth-order valence-electron chi connectivity index (χ4n) is 2.64. The van der Waals surface area contributed by atoms with E-state index < -0.39 is 14.0 Å². The van der Waals surface area contributed by atoms with Crippen LogP contribution in [0.25, 0.3) is 4.85 Å². The summed E-state index contributed by atoms with van der Waals surface area (Å²) in [7, 11) is 2.56. The number of piperidine rings is 2. The van der Waals surface area contributed by atoms with Gasteiger partial charge in [-0.05, 0) is 33.7 Å². The molecule has 2 rings (SSSR count). The van der Waals surface area contributed by atoms with E-state index in [0.29, 0.717) is 5.78 Å². The van der Waals surface area contributed by atoms with Crippen LogP contribution in [0.3, 0.4) is 0 Å². The van der Waals surface area contributed by atoms with Crippen molar-refractivity contribution in [1.29, 1.82) is 0 Å². The molecule has 0 spiro atoms. The molecule has 2 aliphatic heterocycles. The number of hydrogen-bond acceptors (Lipinski definition) is 4. The molecule has 0 aromatic heterocycles. The summed E-state index contributed by atoms with van der Waals surface area (Å²) in [6.45, 7) is 17.6. The van der Waals surface area contributed by atoms with Crippen LogP contribution in [0, 0.1) is 6.57 Å². The maximum Gasteiger partial charge on any atom is 0.330 e. The molecule has 2 heterocycles. The van der Waals surface area contributed by atoms with E-state index in [2.05, 4.69) is 41.3 Å². The fraction of sp³-hybridized carbons (Fsp3) is 0.875. The van der Waals surface area contributed by atoms with Gasteiger partial charge in [0.1, 0.15) is 5.78 Å². The molecular formula is C16H31N3O2Si. The predicted molar refractivity (Wildman–Crippen MR) is 92.2 cm³/mol. The molecule has 0 unspecified atom stereocenters. The first-order valence-corrected chi connectivity index (χ1v) is 11.5.